The average molecular weight is 184 g/mol. The summed E-state index contributed by atoms with van der Waals surface area (Å²) in [6.45, 7) is 4.70. The minimum Gasteiger partial charge on any atom is -0.328 e. The van der Waals surface area contributed by atoms with Crippen molar-refractivity contribution >= 4 is 0 Å². The molecule has 1 aliphatic heterocycles. The van der Waals surface area contributed by atoms with Gasteiger partial charge in [0.1, 0.15) is 0 Å². The molecule has 0 aromatic carbocycles. The van der Waals surface area contributed by atoms with Gasteiger partial charge in [0.05, 0.1) is 0 Å². The molecule has 1 saturated heterocycles. The maximum absolute atomic E-state index is 5.72. The van der Waals surface area contributed by atoms with Crippen LogP contribution in [0.2, 0.25) is 0 Å². The van der Waals surface area contributed by atoms with Crippen molar-refractivity contribution in [2.45, 2.75) is 45.1 Å². The normalized spacial score (nSPS) is 27.5. The van der Waals surface area contributed by atoms with Gasteiger partial charge in [-0.25, -0.2) is 0 Å². The molecule has 0 bridgehead atoms. The number of piperidine rings is 1. The Morgan fingerprint density at radius 3 is 2.92 bits per heavy atom. The lowest BCUT2D eigenvalue weighted by atomic mass is 9.92. The molecule has 1 aliphatic rings. The van der Waals surface area contributed by atoms with Crippen LogP contribution in [-0.2, 0) is 0 Å². The fourth-order valence-electron chi connectivity index (χ4n) is 2.24. The molecule has 0 saturated carbocycles. The minimum absolute atomic E-state index is 0.390. The van der Waals surface area contributed by atoms with E-state index in [1.54, 1.807) is 0 Å². The van der Waals surface area contributed by atoms with E-state index in [4.69, 9.17) is 5.73 Å². The number of nitrogens with two attached hydrogens (primary N) is 1. The Kier molecular flexibility index (Phi) is 4.74. The lowest BCUT2D eigenvalue weighted by molar-refractivity contribution is 0.199. The summed E-state index contributed by atoms with van der Waals surface area (Å²) in [5, 5.41) is 0. The van der Waals surface area contributed by atoms with Crippen molar-refractivity contribution in [2.24, 2.45) is 11.7 Å². The van der Waals surface area contributed by atoms with Crippen LogP contribution in [0.3, 0.4) is 0 Å². The van der Waals surface area contributed by atoms with Gasteiger partial charge in [-0.3, -0.25) is 0 Å². The summed E-state index contributed by atoms with van der Waals surface area (Å²) in [7, 11) is 2.23. The van der Waals surface area contributed by atoms with Crippen molar-refractivity contribution in [1.29, 1.82) is 0 Å². The van der Waals surface area contributed by atoms with Gasteiger partial charge in [-0.1, -0.05) is 6.42 Å². The van der Waals surface area contributed by atoms with Crippen molar-refractivity contribution in [1.82, 2.24) is 4.90 Å². The molecule has 0 radical (unpaired) electrons. The molecule has 0 aromatic rings. The summed E-state index contributed by atoms with van der Waals surface area (Å²) in [6, 6.07) is 0.390. The quantitative estimate of drug-likeness (QED) is 0.722. The fraction of sp³-hybridized carbons (Fsp3) is 1.00. The zero-order valence-electron chi connectivity index (χ0n) is 9.13. The second-order valence-electron chi connectivity index (χ2n) is 4.68. The molecule has 2 N–H and O–H groups in total. The highest BCUT2D eigenvalue weighted by Gasteiger charge is 2.16. The Balaban J connectivity index is 2.06. The third kappa shape index (κ3) is 4.63. The molecule has 1 heterocycles. The van der Waals surface area contributed by atoms with Crippen LogP contribution in [0.15, 0.2) is 0 Å². The van der Waals surface area contributed by atoms with Crippen LogP contribution in [0.25, 0.3) is 0 Å². The molecule has 2 unspecified atom stereocenters. The second-order valence-corrected chi connectivity index (χ2v) is 4.68. The predicted molar refractivity (Wildman–Crippen MR) is 57.7 cm³/mol. The van der Waals surface area contributed by atoms with Crippen LogP contribution in [0, 0.1) is 5.92 Å². The molecule has 0 spiro atoms. The first-order valence-corrected chi connectivity index (χ1v) is 5.62. The zero-order valence-corrected chi connectivity index (χ0v) is 9.13. The maximum atomic E-state index is 5.72. The summed E-state index contributed by atoms with van der Waals surface area (Å²) in [5.41, 5.74) is 5.72. The minimum atomic E-state index is 0.390. The number of rotatable bonds is 4. The Morgan fingerprint density at radius 2 is 2.31 bits per heavy atom. The van der Waals surface area contributed by atoms with Gasteiger partial charge in [0.15, 0.2) is 0 Å². The van der Waals surface area contributed by atoms with Crippen molar-refractivity contribution in [3.05, 3.63) is 0 Å². The monoisotopic (exact) mass is 184 g/mol. The molecule has 1 rings (SSSR count). The van der Waals surface area contributed by atoms with Gasteiger partial charge in [0.2, 0.25) is 0 Å². The van der Waals surface area contributed by atoms with Crippen LogP contribution in [-0.4, -0.2) is 31.1 Å². The third-order valence-corrected chi connectivity index (χ3v) is 2.99. The molecule has 13 heavy (non-hydrogen) atoms. The van der Waals surface area contributed by atoms with E-state index in [1.807, 2.05) is 0 Å². The third-order valence-electron chi connectivity index (χ3n) is 2.99. The standard InChI is InChI=1S/C11H24N2/c1-10(12)5-3-6-11-7-4-8-13(2)9-11/h10-11H,3-9,12H2,1-2H3. The fourth-order valence-corrected chi connectivity index (χ4v) is 2.24. The van der Waals surface area contributed by atoms with E-state index in [-0.39, 0.29) is 0 Å². The zero-order chi connectivity index (χ0) is 9.68. The Labute approximate surface area is 82.5 Å². The van der Waals surface area contributed by atoms with Gasteiger partial charge in [-0.2, -0.15) is 0 Å². The molecule has 1 fully saturated rings. The summed E-state index contributed by atoms with van der Waals surface area (Å²) in [5.74, 6) is 0.942. The van der Waals surface area contributed by atoms with Crippen LogP contribution in [0.5, 0.6) is 0 Å². The number of hydrogen-bond donors (Lipinski definition) is 1. The van der Waals surface area contributed by atoms with Gasteiger partial charge in [-0.05, 0) is 52.1 Å². The predicted octanol–water partition coefficient (Wildman–Crippen LogP) is 1.85. The van der Waals surface area contributed by atoms with Gasteiger partial charge in [-0.15, -0.1) is 0 Å². The van der Waals surface area contributed by atoms with Crippen LogP contribution in [0.4, 0.5) is 0 Å². The number of likely N-dealkylation sites (tertiary alicyclic amines) is 1. The smallest absolute Gasteiger partial charge is 0.00104 e. The molecule has 2 nitrogen and oxygen atoms in total. The highest BCUT2D eigenvalue weighted by Crippen LogP contribution is 2.20. The second kappa shape index (κ2) is 5.61. The SMILES string of the molecule is CC(N)CCCC1CCCN(C)C1. The van der Waals surface area contributed by atoms with E-state index in [0.29, 0.717) is 6.04 Å². The molecular formula is C11H24N2. The molecule has 2 heteroatoms. The Hall–Kier alpha value is -0.0800. The molecule has 78 valence electrons. The summed E-state index contributed by atoms with van der Waals surface area (Å²) >= 11 is 0. The van der Waals surface area contributed by atoms with Crippen LogP contribution >= 0.6 is 0 Å². The van der Waals surface area contributed by atoms with Gasteiger partial charge >= 0.3 is 0 Å². The molecule has 2 atom stereocenters. The lowest BCUT2D eigenvalue weighted by Crippen LogP contribution is -2.32. The maximum Gasteiger partial charge on any atom is 0.00104 e. The van der Waals surface area contributed by atoms with Crippen LogP contribution < -0.4 is 5.73 Å². The molecule has 0 aliphatic carbocycles. The summed E-state index contributed by atoms with van der Waals surface area (Å²) in [4.78, 5) is 2.46. The number of nitrogens with zero attached hydrogens (tertiary/aromatic N) is 1. The Morgan fingerprint density at radius 1 is 1.54 bits per heavy atom. The largest absolute Gasteiger partial charge is 0.328 e. The van der Waals surface area contributed by atoms with Gasteiger partial charge in [0, 0.05) is 12.6 Å². The first-order valence-electron chi connectivity index (χ1n) is 5.62. The van der Waals surface area contributed by atoms with E-state index >= 15 is 0 Å². The van der Waals surface area contributed by atoms with Crippen molar-refractivity contribution in [3.63, 3.8) is 0 Å². The van der Waals surface area contributed by atoms with E-state index in [1.165, 1.54) is 45.2 Å². The highest BCUT2D eigenvalue weighted by molar-refractivity contribution is 4.70. The Bertz CT molecular complexity index is 134. The van der Waals surface area contributed by atoms with E-state index in [9.17, 15) is 0 Å². The van der Waals surface area contributed by atoms with Gasteiger partial charge < -0.3 is 10.6 Å². The highest BCUT2D eigenvalue weighted by atomic mass is 15.1. The van der Waals surface area contributed by atoms with E-state index in [2.05, 4.69) is 18.9 Å². The topological polar surface area (TPSA) is 29.3 Å². The molecule has 0 aromatic heterocycles. The molecular weight excluding hydrogens is 160 g/mol. The number of hydrogen-bond acceptors (Lipinski definition) is 2. The molecule has 0 amide bonds. The first-order chi connectivity index (χ1) is 6.18. The van der Waals surface area contributed by atoms with Crippen molar-refractivity contribution in [3.8, 4) is 0 Å². The van der Waals surface area contributed by atoms with Crippen molar-refractivity contribution < 1.29 is 0 Å². The summed E-state index contributed by atoms with van der Waals surface area (Å²) in [6.07, 6.45) is 6.71. The van der Waals surface area contributed by atoms with Crippen molar-refractivity contribution in [2.75, 3.05) is 20.1 Å². The first kappa shape index (κ1) is 11.0. The summed E-state index contributed by atoms with van der Waals surface area (Å²) < 4.78 is 0. The van der Waals surface area contributed by atoms with Crippen LogP contribution in [0.1, 0.15) is 39.0 Å². The lowest BCUT2D eigenvalue weighted by Gasteiger charge is -2.29. The van der Waals surface area contributed by atoms with E-state index in [0.717, 1.165) is 5.92 Å². The van der Waals surface area contributed by atoms with Gasteiger partial charge in [0.25, 0.3) is 0 Å². The van der Waals surface area contributed by atoms with E-state index < -0.39 is 0 Å². The average Bonchev–Trinajstić information content (AvgIpc) is 2.03.